The quantitative estimate of drug-likeness (QED) is 0.715. The van der Waals surface area contributed by atoms with E-state index < -0.39 is 0 Å². The zero-order valence-electron chi connectivity index (χ0n) is 11.8. The number of benzene rings is 1. The molecule has 0 saturated carbocycles. The third-order valence-electron chi connectivity index (χ3n) is 3.37. The summed E-state index contributed by atoms with van der Waals surface area (Å²) in [6.07, 6.45) is 4.36. The van der Waals surface area contributed by atoms with Gasteiger partial charge in [0.2, 0.25) is 5.91 Å². The Balaban J connectivity index is 1.73. The molecule has 0 aliphatic carbocycles. The van der Waals surface area contributed by atoms with Gasteiger partial charge in [0, 0.05) is 28.0 Å². The number of amides is 1. The second-order valence-electron chi connectivity index (χ2n) is 4.92. The van der Waals surface area contributed by atoms with Gasteiger partial charge in [0.1, 0.15) is 0 Å². The van der Waals surface area contributed by atoms with Crippen LogP contribution in [0.2, 0.25) is 5.02 Å². The number of hydrogen-bond acceptors (Lipinski definition) is 2. The number of rotatable bonds is 5. The van der Waals surface area contributed by atoms with Gasteiger partial charge in [-0.25, -0.2) is 0 Å². The molecule has 2 aromatic heterocycles. The third-order valence-corrected chi connectivity index (χ3v) is 4.59. The van der Waals surface area contributed by atoms with Crippen LogP contribution in [0.15, 0.2) is 66.3 Å². The van der Waals surface area contributed by atoms with E-state index in [4.69, 9.17) is 11.6 Å². The van der Waals surface area contributed by atoms with Gasteiger partial charge in [-0.3, -0.25) is 4.79 Å². The Morgan fingerprint density at radius 2 is 1.86 bits per heavy atom. The summed E-state index contributed by atoms with van der Waals surface area (Å²) in [5, 5.41) is 5.60. The van der Waals surface area contributed by atoms with Crippen molar-refractivity contribution in [2.45, 2.75) is 12.5 Å². The number of nitrogens with one attached hydrogen (secondary N) is 1. The number of anilines is 1. The van der Waals surface area contributed by atoms with Crippen molar-refractivity contribution in [3.63, 3.8) is 0 Å². The standard InChI is InChI=1S/C17H15ClN2OS/c18-13-5-7-14(8-6-13)19-17(21)12-15(16-4-3-11-22-16)20-9-1-2-10-20/h1-11,15H,12H2,(H,19,21)/t15-/m1/s1. The molecule has 0 saturated heterocycles. The molecule has 0 radical (unpaired) electrons. The highest BCUT2D eigenvalue weighted by molar-refractivity contribution is 7.10. The van der Waals surface area contributed by atoms with Gasteiger partial charge >= 0.3 is 0 Å². The SMILES string of the molecule is O=C(C[C@H](c1cccs1)n1cccc1)Nc1ccc(Cl)cc1. The molecular weight excluding hydrogens is 316 g/mol. The van der Waals surface area contributed by atoms with Crippen LogP contribution >= 0.6 is 22.9 Å². The second-order valence-corrected chi connectivity index (χ2v) is 6.34. The fraction of sp³-hybridized carbons (Fsp3) is 0.118. The average Bonchev–Trinajstić information content (AvgIpc) is 3.21. The normalized spacial score (nSPS) is 12.0. The molecule has 2 heterocycles. The zero-order chi connectivity index (χ0) is 15.4. The predicted octanol–water partition coefficient (Wildman–Crippen LogP) is 4.82. The van der Waals surface area contributed by atoms with Crippen molar-refractivity contribution >= 4 is 34.5 Å². The summed E-state index contributed by atoms with van der Waals surface area (Å²) in [5.41, 5.74) is 0.756. The number of nitrogens with zero attached hydrogens (tertiary/aromatic N) is 1. The van der Waals surface area contributed by atoms with Gasteiger partial charge in [0.25, 0.3) is 0 Å². The van der Waals surface area contributed by atoms with E-state index in [-0.39, 0.29) is 11.9 Å². The fourth-order valence-corrected chi connectivity index (χ4v) is 3.27. The third kappa shape index (κ3) is 3.59. The molecule has 0 unspecified atom stereocenters. The van der Waals surface area contributed by atoms with Gasteiger partial charge in [0.15, 0.2) is 0 Å². The van der Waals surface area contributed by atoms with Crippen molar-refractivity contribution in [2.24, 2.45) is 0 Å². The lowest BCUT2D eigenvalue weighted by Crippen LogP contribution is -2.19. The first-order chi connectivity index (χ1) is 10.7. The van der Waals surface area contributed by atoms with Crippen LogP contribution in [0.4, 0.5) is 5.69 Å². The maximum Gasteiger partial charge on any atom is 0.226 e. The Hall–Kier alpha value is -2.04. The molecule has 3 rings (SSSR count). The molecular formula is C17H15ClN2OS. The van der Waals surface area contributed by atoms with Crippen molar-refractivity contribution in [3.8, 4) is 0 Å². The van der Waals surface area contributed by atoms with Gasteiger partial charge in [-0.05, 0) is 47.8 Å². The first-order valence-electron chi connectivity index (χ1n) is 6.93. The minimum absolute atomic E-state index is 0.0160. The van der Waals surface area contributed by atoms with Crippen LogP contribution in [0.3, 0.4) is 0 Å². The van der Waals surface area contributed by atoms with E-state index in [0.29, 0.717) is 11.4 Å². The summed E-state index contributed by atoms with van der Waals surface area (Å²) in [6, 6.07) is 15.2. The topological polar surface area (TPSA) is 34.0 Å². The first-order valence-corrected chi connectivity index (χ1v) is 8.19. The van der Waals surface area contributed by atoms with Gasteiger partial charge in [-0.2, -0.15) is 0 Å². The molecule has 0 fully saturated rings. The van der Waals surface area contributed by atoms with Crippen LogP contribution in [0.25, 0.3) is 0 Å². The van der Waals surface area contributed by atoms with Gasteiger partial charge in [0.05, 0.1) is 12.5 Å². The Labute approximate surface area is 138 Å². The van der Waals surface area contributed by atoms with E-state index in [2.05, 4.69) is 16.0 Å². The van der Waals surface area contributed by atoms with Crippen molar-refractivity contribution in [2.75, 3.05) is 5.32 Å². The lowest BCUT2D eigenvalue weighted by atomic mass is 10.1. The highest BCUT2D eigenvalue weighted by Gasteiger charge is 2.18. The molecule has 3 aromatic rings. The Morgan fingerprint density at radius 3 is 2.50 bits per heavy atom. The number of carbonyl (C=O) groups is 1. The molecule has 1 aromatic carbocycles. The van der Waals surface area contributed by atoms with E-state index in [1.54, 1.807) is 35.6 Å². The van der Waals surface area contributed by atoms with E-state index >= 15 is 0 Å². The van der Waals surface area contributed by atoms with Crippen LogP contribution in [-0.4, -0.2) is 10.5 Å². The molecule has 112 valence electrons. The molecule has 22 heavy (non-hydrogen) atoms. The maximum atomic E-state index is 12.3. The molecule has 0 aliphatic rings. The van der Waals surface area contributed by atoms with Crippen LogP contribution < -0.4 is 5.32 Å². The molecule has 0 bridgehead atoms. The monoisotopic (exact) mass is 330 g/mol. The molecule has 0 spiro atoms. The minimum Gasteiger partial charge on any atom is -0.346 e. The van der Waals surface area contributed by atoms with Crippen LogP contribution in [-0.2, 0) is 4.79 Å². The number of aromatic nitrogens is 1. The van der Waals surface area contributed by atoms with Crippen molar-refractivity contribution in [3.05, 3.63) is 76.2 Å². The Morgan fingerprint density at radius 1 is 1.14 bits per heavy atom. The average molecular weight is 331 g/mol. The van der Waals surface area contributed by atoms with Crippen LogP contribution in [0, 0.1) is 0 Å². The van der Waals surface area contributed by atoms with Gasteiger partial charge in [-0.1, -0.05) is 17.7 Å². The highest BCUT2D eigenvalue weighted by atomic mass is 35.5. The lowest BCUT2D eigenvalue weighted by molar-refractivity contribution is -0.116. The summed E-state index contributed by atoms with van der Waals surface area (Å²) in [4.78, 5) is 13.5. The summed E-state index contributed by atoms with van der Waals surface area (Å²) >= 11 is 7.51. The summed E-state index contributed by atoms with van der Waals surface area (Å²) in [7, 11) is 0. The largest absolute Gasteiger partial charge is 0.346 e. The van der Waals surface area contributed by atoms with Crippen molar-refractivity contribution in [1.29, 1.82) is 0 Å². The second kappa shape index (κ2) is 6.81. The van der Waals surface area contributed by atoms with E-state index in [0.717, 1.165) is 5.69 Å². The number of halogens is 1. The van der Waals surface area contributed by atoms with Crippen LogP contribution in [0.5, 0.6) is 0 Å². The molecule has 0 aliphatic heterocycles. The van der Waals surface area contributed by atoms with Crippen molar-refractivity contribution < 1.29 is 4.79 Å². The number of carbonyl (C=O) groups excluding carboxylic acids is 1. The zero-order valence-corrected chi connectivity index (χ0v) is 13.3. The van der Waals surface area contributed by atoms with Crippen LogP contribution in [0.1, 0.15) is 17.3 Å². The smallest absolute Gasteiger partial charge is 0.226 e. The van der Waals surface area contributed by atoms with E-state index in [1.165, 1.54) is 4.88 Å². The Kier molecular flexibility index (Phi) is 4.61. The summed E-state index contributed by atoms with van der Waals surface area (Å²) in [5.74, 6) is -0.0191. The van der Waals surface area contributed by atoms with Gasteiger partial charge < -0.3 is 9.88 Å². The van der Waals surface area contributed by atoms with E-state index in [1.807, 2.05) is 36.0 Å². The fourth-order valence-electron chi connectivity index (χ4n) is 2.31. The number of hydrogen-bond donors (Lipinski definition) is 1. The molecule has 5 heteroatoms. The lowest BCUT2D eigenvalue weighted by Gasteiger charge is -2.17. The molecule has 3 nitrogen and oxygen atoms in total. The summed E-state index contributed by atoms with van der Waals surface area (Å²) < 4.78 is 2.06. The molecule has 1 N–H and O–H groups in total. The predicted molar refractivity (Wildman–Crippen MR) is 91.6 cm³/mol. The summed E-state index contributed by atoms with van der Waals surface area (Å²) in [6.45, 7) is 0. The maximum absolute atomic E-state index is 12.3. The van der Waals surface area contributed by atoms with Gasteiger partial charge in [-0.15, -0.1) is 11.3 Å². The minimum atomic E-state index is -0.0191. The first kappa shape index (κ1) is 14.9. The van der Waals surface area contributed by atoms with E-state index in [9.17, 15) is 4.79 Å². The Bertz CT molecular complexity index is 686. The molecule has 1 amide bonds. The van der Waals surface area contributed by atoms with Crippen molar-refractivity contribution in [1.82, 2.24) is 4.57 Å². The highest BCUT2D eigenvalue weighted by Crippen LogP contribution is 2.27. The molecule has 1 atom stereocenters. The number of thiophene rings is 1.